The molecule has 1 heterocycles. The molecule has 0 spiro atoms. The minimum Gasteiger partial charge on any atom is -0.490 e. The summed E-state index contributed by atoms with van der Waals surface area (Å²) in [6.07, 6.45) is -1.15. The largest absolute Gasteiger partial charge is 0.490 e. The molecule has 0 saturated carbocycles. The smallest absolute Gasteiger partial charge is 0.161 e. The molecule has 2 aromatic carbocycles. The van der Waals surface area contributed by atoms with Crippen molar-refractivity contribution >= 4 is 0 Å². The zero-order chi connectivity index (χ0) is 14.7. The van der Waals surface area contributed by atoms with Gasteiger partial charge >= 0.3 is 0 Å². The summed E-state index contributed by atoms with van der Waals surface area (Å²) in [5, 5.41) is 20.6. The Kier molecular flexibility index (Phi) is 4.08. The van der Waals surface area contributed by atoms with Crippen LogP contribution in [0.2, 0.25) is 0 Å². The van der Waals surface area contributed by atoms with Crippen LogP contribution >= 0.6 is 0 Å². The van der Waals surface area contributed by atoms with Crippen LogP contribution in [-0.4, -0.2) is 23.4 Å². The number of ether oxygens (including phenoxy) is 2. The summed E-state index contributed by atoms with van der Waals surface area (Å²) in [5.41, 5.74) is 1.28. The van der Waals surface area contributed by atoms with E-state index < -0.39 is 12.2 Å². The molecule has 3 rings (SSSR count). The van der Waals surface area contributed by atoms with Crippen LogP contribution in [0.25, 0.3) is 0 Å². The predicted molar refractivity (Wildman–Crippen MR) is 78.4 cm³/mol. The minimum atomic E-state index is -1.01. The highest BCUT2D eigenvalue weighted by atomic mass is 16.5. The lowest BCUT2D eigenvalue weighted by atomic mass is 9.98. The fourth-order valence-corrected chi connectivity index (χ4v) is 2.38. The van der Waals surface area contributed by atoms with Gasteiger partial charge in [-0.15, -0.1) is 0 Å². The Bertz CT molecular complexity index is 597. The van der Waals surface area contributed by atoms with Crippen molar-refractivity contribution in [2.24, 2.45) is 0 Å². The first kappa shape index (κ1) is 13.9. The molecule has 2 N–H and O–H groups in total. The summed E-state index contributed by atoms with van der Waals surface area (Å²) in [6, 6.07) is 14.4. The van der Waals surface area contributed by atoms with Crippen molar-refractivity contribution in [2.45, 2.75) is 18.6 Å². The van der Waals surface area contributed by atoms with E-state index in [0.717, 1.165) is 6.42 Å². The lowest BCUT2D eigenvalue weighted by molar-refractivity contribution is 0.0171. The second-order valence-corrected chi connectivity index (χ2v) is 5.06. The first-order valence-electron chi connectivity index (χ1n) is 7.06. The highest BCUT2D eigenvalue weighted by Gasteiger charge is 2.22. The van der Waals surface area contributed by atoms with Crippen LogP contribution in [-0.2, 0) is 0 Å². The summed E-state index contributed by atoms with van der Waals surface area (Å²) in [6.45, 7) is 1.22. The van der Waals surface area contributed by atoms with Gasteiger partial charge in [-0.25, -0.2) is 0 Å². The monoisotopic (exact) mass is 286 g/mol. The van der Waals surface area contributed by atoms with Gasteiger partial charge in [0.05, 0.1) is 13.2 Å². The Morgan fingerprint density at radius 2 is 1.43 bits per heavy atom. The van der Waals surface area contributed by atoms with Gasteiger partial charge in [-0.05, 0) is 23.3 Å². The van der Waals surface area contributed by atoms with Crippen molar-refractivity contribution in [3.05, 3.63) is 59.7 Å². The van der Waals surface area contributed by atoms with E-state index in [1.165, 1.54) is 0 Å². The molecule has 21 heavy (non-hydrogen) atoms. The van der Waals surface area contributed by atoms with Crippen molar-refractivity contribution in [1.82, 2.24) is 0 Å². The Labute approximate surface area is 123 Å². The van der Waals surface area contributed by atoms with E-state index in [9.17, 15) is 10.2 Å². The number of fused-ring (bicyclic) bond motifs is 1. The van der Waals surface area contributed by atoms with Crippen LogP contribution in [0.4, 0.5) is 0 Å². The van der Waals surface area contributed by atoms with E-state index in [0.29, 0.717) is 35.8 Å². The van der Waals surface area contributed by atoms with Gasteiger partial charge in [-0.2, -0.15) is 0 Å². The topological polar surface area (TPSA) is 58.9 Å². The summed E-state index contributed by atoms with van der Waals surface area (Å²) in [4.78, 5) is 0. The van der Waals surface area contributed by atoms with Gasteiger partial charge in [0, 0.05) is 6.42 Å². The molecule has 4 nitrogen and oxygen atoms in total. The molecule has 0 aliphatic carbocycles. The molecule has 4 heteroatoms. The Hall–Kier alpha value is -2.04. The predicted octanol–water partition coefficient (Wildman–Crippen LogP) is 2.61. The van der Waals surface area contributed by atoms with E-state index in [2.05, 4.69) is 0 Å². The summed E-state index contributed by atoms with van der Waals surface area (Å²) < 4.78 is 11.2. The molecule has 2 unspecified atom stereocenters. The van der Waals surface area contributed by atoms with Gasteiger partial charge in [0.2, 0.25) is 0 Å². The van der Waals surface area contributed by atoms with Crippen molar-refractivity contribution in [3.8, 4) is 11.5 Å². The molecular weight excluding hydrogens is 268 g/mol. The molecule has 0 fully saturated rings. The summed E-state index contributed by atoms with van der Waals surface area (Å²) in [7, 11) is 0. The Balaban J connectivity index is 1.84. The van der Waals surface area contributed by atoms with Crippen molar-refractivity contribution in [3.63, 3.8) is 0 Å². The summed E-state index contributed by atoms with van der Waals surface area (Å²) in [5.74, 6) is 1.29. The van der Waals surface area contributed by atoms with Gasteiger partial charge in [0.1, 0.15) is 12.2 Å². The van der Waals surface area contributed by atoms with Gasteiger partial charge in [-0.3, -0.25) is 0 Å². The van der Waals surface area contributed by atoms with Crippen LogP contribution in [0.3, 0.4) is 0 Å². The number of aliphatic hydroxyl groups is 2. The van der Waals surface area contributed by atoms with Crippen LogP contribution in [0.1, 0.15) is 29.8 Å². The molecule has 0 saturated heterocycles. The third-order valence-electron chi connectivity index (χ3n) is 3.55. The second-order valence-electron chi connectivity index (χ2n) is 5.06. The standard InChI is InChI=1S/C17H18O4/c18-16(12-5-2-1-3-6-12)17(19)13-7-8-14-15(11-13)21-10-4-9-20-14/h1-3,5-8,11,16-19H,4,9-10H2. The zero-order valence-electron chi connectivity index (χ0n) is 11.6. The SMILES string of the molecule is OC(c1ccccc1)C(O)c1ccc2c(c1)OCCCO2. The number of aliphatic hydroxyl groups excluding tert-OH is 2. The van der Waals surface area contributed by atoms with Crippen LogP contribution < -0.4 is 9.47 Å². The second kappa shape index (κ2) is 6.16. The maximum atomic E-state index is 10.4. The average molecular weight is 286 g/mol. The minimum absolute atomic E-state index is 0.591. The highest BCUT2D eigenvalue weighted by Crippen LogP contribution is 2.35. The molecule has 0 aromatic heterocycles. The normalized spacial score (nSPS) is 16.9. The molecule has 1 aliphatic rings. The molecule has 2 aromatic rings. The first-order chi connectivity index (χ1) is 10.3. The van der Waals surface area contributed by atoms with Crippen molar-refractivity contribution in [2.75, 3.05) is 13.2 Å². The molecular formula is C17H18O4. The van der Waals surface area contributed by atoms with Crippen molar-refractivity contribution in [1.29, 1.82) is 0 Å². The third kappa shape index (κ3) is 3.01. The van der Waals surface area contributed by atoms with E-state index in [1.807, 2.05) is 18.2 Å². The van der Waals surface area contributed by atoms with E-state index in [1.54, 1.807) is 30.3 Å². The fourth-order valence-electron chi connectivity index (χ4n) is 2.38. The van der Waals surface area contributed by atoms with Crippen LogP contribution in [0.15, 0.2) is 48.5 Å². The number of rotatable bonds is 3. The number of hydrogen-bond acceptors (Lipinski definition) is 4. The fraction of sp³-hybridized carbons (Fsp3) is 0.294. The molecule has 0 amide bonds. The maximum Gasteiger partial charge on any atom is 0.161 e. The highest BCUT2D eigenvalue weighted by molar-refractivity contribution is 5.44. The van der Waals surface area contributed by atoms with Gasteiger partial charge in [0.25, 0.3) is 0 Å². The third-order valence-corrected chi connectivity index (χ3v) is 3.55. The quantitative estimate of drug-likeness (QED) is 0.910. The lowest BCUT2D eigenvalue weighted by Crippen LogP contribution is -2.10. The molecule has 110 valence electrons. The van der Waals surface area contributed by atoms with E-state index >= 15 is 0 Å². The van der Waals surface area contributed by atoms with Crippen LogP contribution in [0, 0.1) is 0 Å². The molecule has 1 aliphatic heterocycles. The van der Waals surface area contributed by atoms with Gasteiger partial charge in [-0.1, -0.05) is 36.4 Å². The Morgan fingerprint density at radius 1 is 0.762 bits per heavy atom. The van der Waals surface area contributed by atoms with Crippen molar-refractivity contribution < 1.29 is 19.7 Å². The summed E-state index contributed by atoms with van der Waals surface area (Å²) >= 11 is 0. The van der Waals surface area contributed by atoms with Crippen LogP contribution in [0.5, 0.6) is 11.5 Å². The zero-order valence-corrected chi connectivity index (χ0v) is 11.6. The maximum absolute atomic E-state index is 10.4. The Morgan fingerprint density at radius 3 is 2.19 bits per heavy atom. The molecule has 0 bridgehead atoms. The molecule has 2 atom stereocenters. The van der Waals surface area contributed by atoms with Gasteiger partial charge < -0.3 is 19.7 Å². The molecule has 0 radical (unpaired) electrons. The average Bonchev–Trinajstić information content (AvgIpc) is 2.79. The van der Waals surface area contributed by atoms with E-state index in [-0.39, 0.29) is 0 Å². The number of benzene rings is 2. The first-order valence-corrected chi connectivity index (χ1v) is 7.06. The van der Waals surface area contributed by atoms with Gasteiger partial charge in [0.15, 0.2) is 11.5 Å². The lowest BCUT2D eigenvalue weighted by Gasteiger charge is -2.19. The van der Waals surface area contributed by atoms with E-state index in [4.69, 9.17) is 9.47 Å². The number of hydrogen-bond donors (Lipinski definition) is 2.